The largest absolute Gasteiger partial charge is 0.390 e. The van der Waals surface area contributed by atoms with Gasteiger partial charge in [0.25, 0.3) is 0 Å². The number of aliphatic hydroxyl groups is 1. The van der Waals surface area contributed by atoms with Crippen LogP contribution in [-0.2, 0) is 6.61 Å². The molecule has 0 saturated carbocycles. The van der Waals surface area contributed by atoms with Crippen LogP contribution in [0.3, 0.4) is 0 Å². The molecule has 0 amide bonds. The summed E-state index contributed by atoms with van der Waals surface area (Å²) in [5.74, 6) is 0. The summed E-state index contributed by atoms with van der Waals surface area (Å²) in [4.78, 5) is 6.92. The number of H-pyrrole nitrogens is 1. The van der Waals surface area contributed by atoms with Crippen molar-refractivity contribution in [2.45, 2.75) is 19.6 Å². The Morgan fingerprint density at radius 3 is 2.81 bits per heavy atom. The van der Waals surface area contributed by atoms with Gasteiger partial charge in [-0.2, -0.15) is 0 Å². The number of hydrogen-bond donors (Lipinski definition) is 2. The summed E-state index contributed by atoms with van der Waals surface area (Å²) in [6, 6.07) is 3.98. The second kappa shape index (κ2) is 4.59. The number of pyridine rings is 1. The molecule has 0 aliphatic heterocycles. The van der Waals surface area contributed by atoms with Gasteiger partial charge in [0.2, 0.25) is 0 Å². The monoisotopic (exact) mass is 235 g/mol. The third-order valence-electron chi connectivity index (χ3n) is 2.63. The fraction of sp³-hybridized carbons (Fsp3) is 0.273. The van der Waals surface area contributed by atoms with Crippen LogP contribution in [0.1, 0.15) is 24.2 Å². The molecular weight excluding hydrogens is 222 g/mol. The van der Waals surface area contributed by atoms with Crippen LogP contribution >= 0.6 is 12.2 Å². The minimum absolute atomic E-state index is 0.0252. The predicted molar refractivity (Wildman–Crippen MR) is 63.6 cm³/mol. The molecule has 2 aromatic rings. The maximum absolute atomic E-state index is 9.23. The molecule has 2 heterocycles. The minimum atomic E-state index is -0.0252. The van der Waals surface area contributed by atoms with E-state index in [1.807, 2.05) is 23.6 Å². The molecule has 0 bridgehead atoms. The number of imidazole rings is 1. The van der Waals surface area contributed by atoms with Gasteiger partial charge in [0, 0.05) is 18.6 Å². The zero-order valence-corrected chi connectivity index (χ0v) is 9.74. The number of nitrogens with zero attached hydrogens (tertiary/aromatic N) is 2. The highest BCUT2D eigenvalue weighted by Gasteiger charge is 2.12. The number of rotatable bonds is 3. The predicted octanol–water partition coefficient (Wildman–Crippen LogP) is 2.04. The first-order valence-electron chi connectivity index (χ1n) is 5.03. The first-order valence-corrected chi connectivity index (χ1v) is 5.44. The van der Waals surface area contributed by atoms with Crippen LogP contribution in [0, 0.1) is 4.77 Å². The molecule has 0 aliphatic carbocycles. The third kappa shape index (κ3) is 1.91. The Morgan fingerprint density at radius 2 is 2.19 bits per heavy atom. The van der Waals surface area contributed by atoms with Gasteiger partial charge >= 0.3 is 0 Å². The van der Waals surface area contributed by atoms with Gasteiger partial charge in [-0.15, -0.1) is 0 Å². The van der Waals surface area contributed by atoms with Crippen LogP contribution in [0.15, 0.2) is 30.7 Å². The van der Waals surface area contributed by atoms with E-state index < -0.39 is 0 Å². The Hall–Kier alpha value is -1.46. The zero-order chi connectivity index (χ0) is 11.5. The van der Waals surface area contributed by atoms with Crippen molar-refractivity contribution in [3.05, 3.63) is 46.8 Å². The smallest absolute Gasteiger partial charge is 0.177 e. The minimum Gasteiger partial charge on any atom is -0.390 e. The van der Waals surface area contributed by atoms with E-state index in [1.165, 1.54) is 0 Å². The summed E-state index contributed by atoms with van der Waals surface area (Å²) in [5.41, 5.74) is 1.90. The van der Waals surface area contributed by atoms with Gasteiger partial charge in [-0.1, -0.05) is 0 Å². The van der Waals surface area contributed by atoms with Crippen molar-refractivity contribution < 1.29 is 5.11 Å². The van der Waals surface area contributed by atoms with Crippen molar-refractivity contribution in [3.63, 3.8) is 0 Å². The summed E-state index contributed by atoms with van der Waals surface area (Å²) in [5, 5.41) is 9.23. The van der Waals surface area contributed by atoms with Crippen LogP contribution in [0.4, 0.5) is 0 Å². The fourth-order valence-electron chi connectivity index (χ4n) is 1.75. The highest BCUT2D eigenvalue weighted by Crippen LogP contribution is 2.19. The summed E-state index contributed by atoms with van der Waals surface area (Å²) >= 11 is 5.20. The van der Waals surface area contributed by atoms with E-state index in [-0.39, 0.29) is 12.6 Å². The van der Waals surface area contributed by atoms with E-state index in [2.05, 4.69) is 9.97 Å². The highest BCUT2D eigenvalue weighted by atomic mass is 32.1. The van der Waals surface area contributed by atoms with Gasteiger partial charge in [-0.25, -0.2) is 0 Å². The lowest BCUT2D eigenvalue weighted by Gasteiger charge is -2.16. The molecular formula is C11H13N3OS. The summed E-state index contributed by atoms with van der Waals surface area (Å²) in [6.45, 7) is 2.01. The van der Waals surface area contributed by atoms with E-state index in [4.69, 9.17) is 12.2 Å². The van der Waals surface area contributed by atoms with Gasteiger partial charge in [-0.3, -0.25) is 4.98 Å². The number of aliphatic hydroxyl groups excluding tert-OH is 1. The van der Waals surface area contributed by atoms with E-state index >= 15 is 0 Å². The van der Waals surface area contributed by atoms with Crippen molar-refractivity contribution in [1.29, 1.82) is 0 Å². The first kappa shape index (κ1) is 11.0. The van der Waals surface area contributed by atoms with Gasteiger partial charge in [0.1, 0.15) is 0 Å². The molecule has 84 valence electrons. The number of aromatic nitrogens is 3. The van der Waals surface area contributed by atoms with E-state index in [0.717, 1.165) is 11.3 Å². The summed E-state index contributed by atoms with van der Waals surface area (Å²) in [6.07, 6.45) is 5.24. The average Bonchev–Trinajstić information content (AvgIpc) is 2.70. The Bertz CT molecular complexity index is 518. The normalized spacial score (nSPS) is 12.6. The second-order valence-corrected chi connectivity index (χ2v) is 3.96. The van der Waals surface area contributed by atoms with Crippen molar-refractivity contribution in [3.8, 4) is 0 Å². The fourth-order valence-corrected chi connectivity index (χ4v) is 2.09. The summed E-state index contributed by atoms with van der Waals surface area (Å²) in [7, 11) is 0. The van der Waals surface area contributed by atoms with Crippen LogP contribution in [-0.4, -0.2) is 19.6 Å². The lowest BCUT2D eigenvalue weighted by Crippen LogP contribution is -2.10. The molecule has 2 rings (SSSR count). The second-order valence-electron chi connectivity index (χ2n) is 3.57. The molecule has 0 aliphatic rings. The lowest BCUT2D eigenvalue weighted by molar-refractivity contribution is 0.269. The first-order chi connectivity index (χ1) is 7.74. The molecule has 2 aromatic heterocycles. The molecule has 4 nitrogen and oxygen atoms in total. The topological polar surface area (TPSA) is 53.8 Å². The zero-order valence-electron chi connectivity index (χ0n) is 8.92. The molecule has 1 unspecified atom stereocenters. The molecule has 0 spiro atoms. The van der Waals surface area contributed by atoms with Gasteiger partial charge < -0.3 is 14.7 Å². The molecule has 0 saturated heterocycles. The van der Waals surface area contributed by atoms with Crippen molar-refractivity contribution in [2.75, 3.05) is 0 Å². The summed E-state index contributed by atoms with van der Waals surface area (Å²) < 4.78 is 2.53. The lowest BCUT2D eigenvalue weighted by atomic mass is 10.1. The number of nitrogens with one attached hydrogen (secondary N) is 1. The molecule has 0 aromatic carbocycles. The Balaban J connectivity index is 2.45. The van der Waals surface area contributed by atoms with Crippen LogP contribution in [0.2, 0.25) is 0 Å². The van der Waals surface area contributed by atoms with Gasteiger partial charge in [0.05, 0.1) is 18.3 Å². The molecule has 2 N–H and O–H groups in total. The van der Waals surface area contributed by atoms with Crippen LogP contribution in [0.25, 0.3) is 0 Å². The molecule has 1 atom stereocenters. The number of hydrogen-bond acceptors (Lipinski definition) is 3. The molecule has 5 heteroatoms. The highest BCUT2D eigenvalue weighted by molar-refractivity contribution is 7.71. The average molecular weight is 235 g/mol. The Labute approximate surface area is 98.6 Å². The maximum atomic E-state index is 9.23. The third-order valence-corrected chi connectivity index (χ3v) is 2.94. The Kier molecular flexibility index (Phi) is 3.17. The van der Waals surface area contributed by atoms with Crippen LogP contribution < -0.4 is 0 Å². The molecule has 0 radical (unpaired) electrons. The SMILES string of the molecule is CC(c1ccncc1)n1c(CO)c[nH]c1=S. The molecule has 0 fully saturated rings. The molecule has 16 heavy (non-hydrogen) atoms. The standard InChI is InChI=1S/C11H13N3OS/c1-8(9-2-4-12-5-3-9)14-10(7-15)6-13-11(14)16/h2-6,8,15H,7H2,1H3,(H,13,16). The van der Waals surface area contributed by atoms with Crippen molar-refractivity contribution in [1.82, 2.24) is 14.5 Å². The van der Waals surface area contributed by atoms with Gasteiger partial charge in [0.15, 0.2) is 4.77 Å². The van der Waals surface area contributed by atoms with Gasteiger partial charge in [-0.05, 0) is 36.8 Å². The maximum Gasteiger partial charge on any atom is 0.177 e. The Morgan fingerprint density at radius 1 is 1.50 bits per heavy atom. The van der Waals surface area contributed by atoms with E-state index in [0.29, 0.717) is 4.77 Å². The quantitative estimate of drug-likeness (QED) is 0.800. The van der Waals surface area contributed by atoms with Crippen molar-refractivity contribution >= 4 is 12.2 Å². The van der Waals surface area contributed by atoms with E-state index in [1.54, 1.807) is 18.6 Å². The number of aromatic amines is 1. The van der Waals surface area contributed by atoms with Crippen LogP contribution in [0.5, 0.6) is 0 Å². The van der Waals surface area contributed by atoms with E-state index in [9.17, 15) is 5.11 Å². The van der Waals surface area contributed by atoms with Crippen molar-refractivity contribution in [2.24, 2.45) is 0 Å².